The SMILES string of the molecule is Cn1nccc1C(=O)NC1CCCN(c2cc(C(F)(F)F)ccn2)C1. The Morgan fingerprint density at radius 3 is 2.80 bits per heavy atom. The average molecular weight is 353 g/mol. The van der Waals surface area contributed by atoms with Crippen molar-refractivity contribution in [3.05, 3.63) is 41.9 Å². The first-order valence-electron chi connectivity index (χ1n) is 7.91. The van der Waals surface area contributed by atoms with Gasteiger partial charge in [0, 0.05) is 38.6 Å². The Hall–Kier alpha value is -2.58. The van der Waals surface area contributed by atoms with Gasteiger partial charge in [-0.1, -0.05) is 0 Å². The van der Waals surface area contributed by atoms with Crippen LogP contribution in [0.2, 0.25) is 0 Å². The molecule has 0 bridgehead atoms. The molecule has 2 aromatic heterocycles. The van der Waals surface area contributed by atoms with E-state index in [9.17, 15) is 18.0 Å². The van der Waals surface area contributed by atoms with Gasteiger partial charge in [0.2, 0.25) is 0 Å². The van der Waals surface area contributed by atoms with Crippen LogP contribution in [0.25, 0.3) is 0 Å². The first-order valence-corrected chi connectivity index (χ1v) is 7.91. The monoisotopic (exact) mass is 353 g/mol. The number of nitrogens with zero attached hydrogens (tertiary/aromatic N) is 4. The van der Waals surface area contributed by atoms with Gasteiger partial charge in [-0.15, -0.1) is 0 Å². The van der Waals surface area contributed by atoms with Crippen LogP contribution < -0.4 is 10.2 Å². The molecule has 2 aromatic rings. The Bertz CT molecular complexity index is 758. The highest BCUT2D eigenvalue weighted by molar-refractivity contribution is 5.92. The number of pyridine rings is 1. The van der Waals surface area contributed by atoms with Gasteiger partial charge < -0.3 is 10.2 Å². The van der Waals surface area contributed by atoms with Crippen LogP contribution in [0.15, 0.2) is 30.6 Å². The van der Waals surface area contributed by atoms with Crippen LogP contribution in [0.1, 0.15) is 28.9 Å². The van der Waals surface area contributed by atoms with Crippen molar-refractivity contribution in [3.8, 4) is 0 Å². The van der Waals surface area contributed by atoms with E-state index in [1.54, 1.807) is 18.0 Å². The highest BCUT2D eigenvalue weighted by Gasteiger charge is 2.32. The van der Waals surface area contributed by atoms with Crippen LogP contribution >= 0.6 is 0 Å². The molecule has 1 fully saturated rings. The lowest BCUT2D eigenvalue weighted by molar-refractivity contribution is -0.137. The van der Waals surface area contributed by atoms with Gasteiger partial charge in [-0.3, -0.25) is 9.48 Å². The number of rotatable bonds is 3. The molecule has 3 rings (SSSR count). The summed E-state index contributed by atoms with van der Waals surface area (Å²) in [7, 11) is 1.68. The summed E-state index contributed by atoms with van der Waals surface area (Å²) in [6.45, 7) is 1.02. The highest BCUT2D eigenvalue weighted by Crippen LogP contribution is 2.31. The molecule has 0 spiro atoms. The molecular formula is C16H18F3N5O. The van der Waals surface area contributed by atoms with Crippen molar-refractivity contribution >= 4 is 11.7 Å². The number of carbonyl (C=O) groups is 1. The number of nitrogens with one attached hydrogen (secondary N) is 1. The lowest BCUT2D eigenvalue weighted by atomic mass is 10.1. The summed E-state index contributed by atoms with van der Waals surface area (Å²) in [4.78, 5) is 18.1. The Morgan fingerprint density at radius 2 is 2.12 bits per heavy atom. The molecule has 0 aliphatic carbocycles. The third-order valence-electron chi connectivity index (χ3n) is 4.21. The molecule has 1 amide bonds. The van der Waals surface area contributed by atoms with Gasteiger partial charge in [0.15, 0.2) is 0 Å². The summed E-state index contributed by atoms with van der Waals surface area (Å²) in [5, 5.41) is 6.87. The summed E-state index contributed by atoms with van der Waals surface area (Å²) >= 11 is 0. The zero-order chi connectivity index (χ0) is 18.0. The molecule has 1 atom stereocenters. The Kier molecular flexibility index (Phi) is 4.65. The molecule has 0 aromatic carbocycles. The zero-order valence-electron chi connectivity index (χ0n) is 13.6. The summed E-state index contributed by atoms with van der Waals surface area (Å²) in [6, 6.07) is 3.46. The van der Waals surface area contributed by atoms with Gasteiger partial charge >= 0.3 is 6.18 Å². The number of aromatic nitrogens is 3. The topological polar surface area (TPSA) is 63.1 Å². The van der Waals surface area contributed by atoms with Crippen molar-refractivity contribution in [2.45, 2.75) is 25.1 Å². The minimum Gasteiger partial charge on any atom is -0.355 e. The minimum atomic E-state index is -4.40. The third-order valence-corrected chi connectivity index (χ3v) is 4.21. The van der Waals surface area contributed by atoms with E-state index in [-0.39, 0.29) is 17.8 Å². The first kappa shape index (κ1) is 17.2. The van der Waals surface area contributed by atoms with Gasteiger partial charge in [-0.2, -0.15) is 18.3 Å². The van der Waals surface area contributed by atoms with E-state index in [0.717, 1.165) is 31.2 Å². The van der Waals surface area contributed by atoms with Crippen LogP contribution in [0.4, 0.5) is 19.0 Å². The van der Waals surface area contributed by atoms with Crippen molar-refractivity contribution in [1.82, 2.24) is 20.1 Å². The number of anilines is 1. The highest BCUT2D eigenvalue weighted by atomic mass is 19.4. The van der Waals surface area contributed by atoms with Crippen molar-refractivity contribution in [2.24, 2.45) is 7.05 Å². The lowest BCUT2D eigenvalue weighted by Gasteiger charge is -2.34. The molecular weight excluding hydrogens is 335 g/mol. The number of carbonyl (C=O) groups excluding carboxylic acids is 1. The molecule has 6 nitrogen and oxygen atoms in total. The predicted molar refractivity (Wildman–Crippen MR) is 85.1 cm³/mol. The number of hydrogen-bond donors (Lipinski definition) is 1. The van der Waals surface area contributed by atoms with Gasteiger partial charge in [0.05, 0.1) is 5.56 Å². The molecule has 1 aliphatic heterocycles. The van der Waals surface area contributed by atoms with Crippen molar-refractivity contribution in [1.29, 1.82) is 0 Å². The van der Waals surface area contributed by atoms with E-state index in [1.807, 2.05) is 0 Å². The van der Waals surface area contributed by atoms with Gasteiger partial charge in [-0.25, -0.2) is 4.98 Å². The standard InChI is InChI=1S/C16H18F3N5O/c1-23-13(5-7-21-23)15(25)22-12-3-2-8-24(10-12)14-9-11(4-6-20-14)16(17,18)19/h4-7,9,12H,2-3,8,10H2,1H3,(H,22,25). The molecule has 9 heteroatoms. The van der Waals surface area contributed by atoms with Crippen molar-refractivity contribution in [2.75, 3.05) is 18.0 Å². The van der Waals surface area contributed by atoms with Gasteiger partial charge in [0.1, 0.15) is 11.5 Å². The number of piperidine rings is 1. The number of amides is 1. The summed E-state index contributed by atoms with van der Waals surface area (Å²) in [5.74, 6) is 0.0261. The van der Waals surface area contributed by atoms with Crippen LogP contribution in [-0.2, 0) is 13.2 Å². The van der Waals surface area contributed by atoms with Gasteiger partial charge in [-0.05, 0) is 31.0 Å². The molecule has 1 unspecified atom stereocenters. The number of halogens is 3. The summed E-state index contributed by atoms with van der Waals surface area (Å²) in [6.07, 6.45) is -0.182. The fourth-order valence-corrected chi connectivity index (χ4v) is 2.93. The molecule has 25 heavy (non-hydrogen) atoms. The Labute approximate surface area is 142 Å². The molecule has 0 radical (unpaired) electrons. The minimum absolute atomic E-state index is 0.160. The molecule has 134 valence electrons. The molecule has 1 saturated heterocycles. The van der Waals surface area contributed by atoms with Crippen LogP contribution in [0.5, 0.6) is 0 Å². The summed E-state index contributed by atoms with van der Waals surface area (Å²) in [5.41, 5.74) is -0.284. The van der Waals surface area contributed by atoms with Crippen LogP contribution in [0, 0.1) is 0 Å². The maximum Gasteiger partial charge on any atom is 0.416 e. The van der Waals surface area contributed by atoms with E-state index in [2.05, 4.69) is 15.4 Å². The molecule has 3 heterocycles. The number of alkyl halides is 3. The second kappa shape index (κ2) is 6.73. The van der Waals surface area contributed by atoms with E-state index in [4.69, 9.17) is 0 Å². The predicted octanol–water partition coefficient (Wildman–Crippen LogP) is 2.23. The average Bonchev–Trinajstić information content (AvgIpc) is 3.01. The normalized spacial score (nSPS) is 18.2. The second-order valence-electron chi connectivity index (χ2n) is 6.00. The maximum absolute atomic E-state index is 12.9. The molecule has 0 saturated carbocycles. The van der Waals surface area contributed by atoms with E-state index in [1.165, 1.54) is 10.9 Å². The number of aryl methyl sites for hydroxylation is 1. The quantitative estimate of drug-likeness (QED) is 0.919. The van der Waals surface area contributed by atoms with Gasteiger partial charge in [0.25, 0.3) is 5.91 Å². The smallest absolute Gasteiger partial charge is 0.355 e. The fourth-order valence-electron chi connectivity index (χ4n) is 2.93. The second-order valence-corrected chi connectivity index (χ2v) is 6.00. The fraction of sp³-hybridized carbons (Fsp3) is 0.438. The third kappa shape index (κ3) is 3.92. The summed E-state index contributed by atoms with van der Waals surface area (Å²) < 4.78 is 40.1. The zero-order valence-corrected chi connectivity index (χ0v) is 13.6. The van der Waals surface area contributed by atoms with Crippen LogP contribution in [-0.4, -0.2) is 39.8 Å². The van der Waals surface area contributed by atoms with E-state index < -0.39 is 11.7 Å². The number of hydrogen-bond acceptors (Lipinski definition) is 4. The van der Waals surface area contributed by atoms with Crippen molar-refractivity contribution < 1.29 is 18.0 Å². The maximum atomic E-state index is 12.9. The van der Waals surface area contributed by atoms with E-state index in [0.29, 0.717) is 18.8 Å². The van der Waals surface area contributed by atoms with Crippen molar-refractivity contribution in [3.63, 3.8) is 0 Å². The Morgan fingerprint density at radius 1 is 1.32 bits per heavy atom. The van der Waals surface area contributed by atoms with Crippen LogP contribution in [0.3, 0.4) is 0 Å². The first-order chi connectivity index (χ1) is 11.8. The largest absolute Gasteiger partial charge is 0.416 e. The molecule has 1 N–H and O–H groups in total. The molecule has 1 aliphatic rings. The lowest BCUT2D eigenvalue weighted by Crippen LogP contribution is -2.48. The Balaban J connectivity index is 1.69. The van der Waals surface area contributed by atoms with E-state index >= 15 is 0 Å².